The Labute approximate surface area is 128 Å². The van der Waals surface area contributed by atoms with Crippen LogP contribution >= 0.6 is 11.8 Å². The molecule has 0 radical (unpaired) electrons. The van der Waals surface area contributed by atoms with Crippen LogP contribution in [-0.2, 0) is 4.79 Å². The first kappa shape index (κ1) is 14.0. The van der Waals surface area contributed by atoms with E-state index in [-0.39, 0.29) is 18.6 Å². The molecule has 4 heteroatoms. The Balaban J connectivity index is 1.58. The van der Waals surface area contributed by atoms with E-state index in [0.29, 0.717) is 5.75 Å². The van der Waals surface area contributed by atoms with Gasteiger partial charge in [0.2, 0.25) is 0 Å². The van der Waals surface area contributed by atoms with Gasteiger partial charge in [0, 0.05) is 10.6 Å². The van der Waals surface area contributed by atoms with E-state index in [2.05, 4.69) is 17.4 Å². The minimum atomic E-state index is -0.0782. The normalized spacial score (nSPS) is 16.9. The topological polar surface area (TPSA) is 38.3 Å². The zero-order valence-electron chi connectivity index (χ0n) is 11.6. The van der Waals surface area contributed by atoms with Crippen molar-refractivity contribution >= 4 is 17.7 Å². The third kappa shape index (κ3) is 3.58. The number of para-hydroxylation sites is 1. The molecule has 1 aliphatic rings. The number of hydrogen-bond donors (Lipinski definition) is 1. The Hall–Kier alpha value is -1.94. The summed E-state index contributed by atoms with van der Waals surface area (Å²) in [7, 11) is 0. The standard InChI is InChI=1S/C17H17NO2S/c19-17(12-20-13-6-2-1-3-7-13)18-15-10-11-21-16-9-5-4-8-14(15)16/h1-9,15H,10-12H2,(H,18,19)/t15-/m0/s1. The molecule has 0 aromatic heterocycles. The number of benzene rings is 2. The van der Waals surface area contributed by atoms with Crippen molar-refractivity contribution in [2.75, 3.05) is 12.4 Å². The van der Waals surface area contributed by atoms with Crippen molar-refractivity contribution in [1.29, 1.82) is 0 Å². The van der Waals surface area contributed by atoms with E-state index in [4.69, 9.17) is 4.74 Å². The highest BCUT2D eigenvalue weighted by Crippen LogP contribution is 2.35. The fraction of sp³-hybridized carbons (Fsp3) is 0.235. The zero-order chi connectivity index (χ0) is 14.5. The number of rotatable bonds is 4. The molecule has 1 N–H and O–H groups in total. The van der Waals surface area contributed by atoms with Crippen molar-refractivity contribution in [3.63, 3.8) is 0 Å². The van der Waals surface area contributed by atoms with Crippen molar-refractivity contribution in [2.24, 2.45) is 0 Å². The number of hydrogen-bond acceptors (Lipinski definition) is 3. The first-order valence-electron chi connectivity index (χ1n) is 7.02. The molecule has 0 fully saturated rings. The van der Waals surface area contributed by atoms with Crippen LogP contribution in [0.1, 0.15) is 18.0 Å². The number of ether oxygens (including phenoxy) is 1. The Morgan fingerprint density at radius 1 is 1.14 bits per heavy atom. The van der Waals surface area contributed by atoms with E-state index in [1.165, 1.54) is 10.5 Å². The highest BCUT2D eigenvalue weighted by molar-refractivity contribution is 7.99. The lowest BCUT2D eigenvalue weighted by Gasteiger charge is -2.25. The fourth-order valence-corrected chi connectivity index (χ4v) is 3.52. The largest absolute Gasteiger partial charge is 0.484 e. The molecular formula is C17H17NO2S. The number of amides is 1. The molecule has 2 aromatic rings. The van der Waals surface area contributed by atoms with Gasteiger partial charge in [-0.2, -0.15) is 0 Å². The van der Waals surface area contributed by atoms with Gasteiger partial charge in [-0.1, -0.05) is 36.4 Å². The van der Waals surface area contributed by atoms with Gasteiger partial charge < -0.3 is 10.1 Å². The van der Waals surface area contributed by atoms with Gasteiger partial charge in [-0.05, 0) is 30.2 Å². The van der Waals surface area contributed by atoms with Crippen LogP contribution in [0.2, 0.25) is 0 Å². The highest BCUT2D eigenvalue weighted by Gasteiger charge is 2.21. The lowest BCUT2D eigenvalue weighted by molar-refractivity contribution is -0.123. The number of nitrogens with one attached hydrogen (secondary N) is 1. The summed E-state index contributed by atoms with van der Waals surface area (Å²) in [6, 6.07) is 17.7. The summed E-state index contributed by atoms with van der Waals surface area (Å²) >= 11 is 1.85. The molecule has 108 valence electrons. The van der Waals surface area contributed by atoms with Gasteiger partial charge in [0.15, 0.2) is 6.61 Å². The van der Waals surface area contributed by atoms with Gasteiger partial charge in [0.1, 0.15) is 5.75 Å². The Kier molecular flexibility index (Phi) is 4.46. The number of carbonyl (C=O) groups excluding carboxylic acids is 1. The van der Waals surface area contributed by atoms with E-state index < -0.39 is 0 Å². The summed E-state index contributed by atoms with van der Waals surface area (Å²) < 4.78 is 5.48. The van der Waals surface area contributed by atoms with E-state index in [1.807, 2.05) is 54.2 Å². The quantitative estimate of drug-likeness (QED) is 0.940. The summed E-state index contributed by atoms with van der Waals surface area (Å²) in [5.41, 5.74) is 1.21. The van der Waals surface area contributed by atoms with Crippen molar-refractivity contribution in [2.45, 2.75) is 17.4 Å². The third-order valence-electron chi connectivity index (χ3n) is 3.41. The van der Waals surface area contributed by atoms with Crippen LogP contribution in [0.25, 0.3) is 0 Å². The number of fused-ring (bicyclic) bond motifs is 1. The molecule has 0 bridgehead atoms. The molecular weight excluding hydrogens is 282 g/mol. The van der Waals surface area contributed by atoms with E-state index >= 15 is 0 Å². The first-order chi connectivity index (χ1) is 10.3. The molecule has 21 heavy (non-hydrogen) atoms. The minimum absolute atomic E-state index is 0.0514. The fourth-order valence-electron chi connectivity index (χ4n) is 2.39. The second kappa shape index (κ2) is 6.68. The van der Waals surface area contributed by atoms with Gasteiger partial charge in [0.25, 0.3) is 5.91 Å². The molecule has 0 aliphatic carbocycles. The summed E-state index contributed by atoms with van der Waals surface area (Å²) in [5, 5.41) is 3.07. The van der Waals surface area contributed by atoms with Crippen molar-refractivity contribution in [3.8, 4) is 5.75 Å². The van der Waals surface area contributed by atoms with Crippen molar-refractivity contribution in [3.05, 3.63) is 60.2 Å². The summed E-state index contributed by atoms with van der Waals surface area (Å²) in [5.74, 6) is 1.67. The molecule has 0 spiro atoms. The maximum atomic E-state index is 12.1. The molecule has 0 saturated heterocycles. The zero-order valence-corrected chi connectivity index (χ0v) is 12.4. The Bertz CT molecular complexity index is 615. The van der Waals surface area contributed by atoms with E-state index in [0.717, 1.165) is 12.2 Å². The van der Waals surface area contributed by atoms with Crippen LogP contribution in [0.15, 0.2) is 59.5 Å². The molecule has 3 nitrogen and oxygen atoms in total. The molecule has 0 saturated carbocycles. The monoisotopic (exact) mass is 299 g/mol. The summed E-state index contributed by atoms with van der Waals surface area (Å²) in [6.07, 6.45) is 0.957. The molecule has 0 unspecified atom stereocenters. The predicted molar refractivity (Wildman–Crippen MR) is 84.6 cm³/mol. The van der Waals surface area contributed by atoms with Gasteiger partial charge >= 0.3 is 0 Å². The van der Waals surface area contributed by atoms with Crippen LogP contribution in [0, 0.1) is 0 Å². The highest BCUT2D eigenvalue weighted by atomic mass is 32.2. The molecule has 2 aromatic carbocycles. The number of thioether (sulfide) groups is 1. The van der Waals surface area contributed by atoms with Crippen LogP contribution in [-0.4, -0.2) is 18.3 Å². The molecule has 1 aliphatic heterocycles. The van der Waals surface area contributed by atoms with E-state index in [1.54, 1.807) is 0 Å². The number of carbonyl (C=O) groups is 1. The third-order valence-corrected chi connectivity index (χ3v) is 4.53. The molecule has 1 heterocycles. The van der Waals surface area contributed by atoms with Gasteiger partial charge in [-0.25, -0.2) is 0 Å². The van der Waals surface area contributed by atoms with Gasteiger partial charge in [-0.3, -0.25) is 4.79 Å². The van der Waals surface area contributed by atoms with Crippen LogP contribution < -0.4 is 10.1 Å². The van der Waals surface area contributed by atoms with Crippen LogP contribution in [0.5, 0.6) is 5.75 Å². The van der Waals surface area contributed by atoms with Crippen molar-refractivity contribution in [1.82, 2.24) is 5.32 Å². The Morgan fingerprint density at radius 2 is 1.90 bits per heavy atom. The molecule has 1 atom stereocenters. The Morgan fingerprint density at radius 3 is 2.76 bits per heavy atom. The SMILES string of the molecule is O=C(COc1ccccc1)N[C@H]1CCSc2ccccc21. The van der Waals surface area contributed by atoms with E-state index in [9.17, 15) is 4.79 Å². The van der Waals surface area contributed by atoms with Crippen LogP contribution in [0.4, 0.5) is 0 Å². The minimum Gasteiger partial charge on any atom is -0.484 e. The average molecular weight is 299 g/mol. The van der Waals surface area contributed by atoms with Crippen LogP contribution in [0.3, 0.4) is 0 Å². The summed E-state index contributed by atoms with van der Waals surface area (Å²) in [6.45, 7) is 0.0514. The molecule has 1 amide bonds. The predicted octanol–water partition coefficient (Wildman–Crippen LogP) is 3.42. The average Bonchev–Trinajstić information content (AvgIpc) is 2.54. The maximum Gasteiger partial charge on any atom is 0.258 e. The molecule has 3 rings (SSSR count). The lowest BCUT2D eigenvalue weighted by Crippen LogP contribution is -2.34. The van der Waals surface area contributed by atoms with Crippen molar-refractivity contribution < 1.29 is 9.53 Å². The smallest absolute Gasteiger partial charge is 0.258 e. The second-order valence-electron chi connectivity index (χ2n) is 4.90. The summed E-state index contributed by atoms with van der Waals surface area (Å²) in [4.78, 5) is 13.3. The van der Waals surface area contributed by atoms with Gasteiger partial charge in [0.05, 0.1) is 6.04 Å². The first-order valence-corrected chi connectivity index (χ1v) is 8.00. The second-order valence-corrected chi connectivity index (χ2v) is 6.03. The maximum absolute atomic E-state index is 12.1. The lowest BCUT2D eigenvalue weighted by atomic mass is 10.0. The van der Waals surface area contributed by atoms with Gasteiger partial charge in [-0.15, -0.1) is 11.8 Å².